The maximum Gasteiger partial charge on any atom is 0.416 e. The summed E-state index contributed by atoms with van der Waals surface area (Å²) >= 11 is 6.01. The molecule has 0 amide bonds. The van der Waals surface area contributed by atoms with Crippen molar-refractivity contribution in [2.24, 2.45) is 4.99 Å². The highest BCUT2D eigenvalue weighted by Gasteiger charge is 2.34. The molecule has 2 nitrogen and oxygen atoms in total. The lowest BCUT2D eigenvalue weighted by atomic mass is 9.98. The van der Waals surface area contributed by atoms with Gasteiger partial charge in [0.05, 0.1) is 11.9 Å². The number of halogens is 5. The van der Waals surface area contributed by atoms with Crippen molar-refractivity contribution in [3.63, 3.8) is 0 Å². The van der Waals surface area contributed by atoms with Crippen LogP contribution in [0.15, 0.2) is 41.4 Å². The summed E-state index contributed by atoms with van der Waals surface area (Å²) in [6, 6.07) is 8.16. The summed E-state index contributed by atoms with van der Waals surface area (Å²) in [5, 5.41) is 0.336. The first-order chi connectivity index (χ1) is 11.7. The molecule has 0 N–H and O–H groups in total. The van der Waals surface area contributed by atoms with E-state index in [0.29, 0.717) is 17.1 Å². The van der Waals surface area contributed by atoms with E-state index in [-0.39, 0.29) is 17.7 Å². The van der Waals surface area contributed by atoms with E-state index < -0.39 is 17.6 Å². The van der Waals surface area contributed by atoms with Crippen LogP contribution in [0.2, 0.25) is 5.02 Å². The molecule has 0 aromatic heterocycles. The minimum atomic E-state index is -4.62. The van der Waals surface area contributed by atoms with Crippen molar-refractivity contribution in [3.05, 3.63) is 63.9 Å². The molecule has 25 heavy (non-hydrogen) atoms. The molecule has 0 saturated heterocycles. The number of alkyl halides is 3. The van der Waals surface area contributed by atoms with Gasteiger partial charge >= 0.3 is 6.18 Å². The predicted octanol–water partition coefficient (Wildman–Crippen LogP) is 5.70. The molecule has 0 heterocycles. The molecule has 2 aromatic carbocycles. The summed E-state index contributed by atoms with van der Waals surface area (Å²) in [6.45, 7) is 2.44. The Hall–Kier alpha value is -2.08. The van der Waals surface area contributed by atoms with E-state index in [1.165, 1.54) is 6.34 Å². The van der Waals surface area contributed by atoms with Crippen LogP contribution in [0, 0.1) is 5.82 Å². The third-order valence-electron chi connectivity index (χ3n) is 3.71. The SMILES string of the molecule is CCN(C)/C=N\c1cc(C(F)(F)F)c(Cc2ccccc2Cl)cc1F. The van der Waals surface area contributed by atoms with Gasteiger partial charge in [0.2, 0.25) is 0 Å². The minimum absolute atomic E-state index is 0.121. The van der Waals surface area contributed by atoms with Gasteiger partial charge in [-0.1, -0.05) is 29.8 Å². The Labute approximate surface area is 148 Å². The van der Waals surface area contributed by atoms with E-state index in [9.17, 15) is 17.6 Å². The average molecular weight is 373 g/mol. The summed E-state index contributed by atoms with van der Waals surface area (Å²) in [6.07, 6.45) is -3.44. The third-order valence-corrected chi connectivity index (χ3v) is 4.08. The van der Waals surface area contributed by atoms with Crippen molar-refractivity contribution >= 4 is 23.6 Å². The number of hydrogen-bond acceptors (Lipinski definition) is 1. The van der Waals surface area contributed by atoms with Crippen molar-refractivity contribution in [1.29, 1.82) is 0 Å². The minimum Gasteiger partial charge on any atom is -0.366 e. The fourth-order valence-electron chi connectivity index (χ4n) is 2.20. The molecule has 0 aliphatic rings. The van der Waals surface area contributed by atoms with Gasteiger partial charge in [0, 0.05) is 18.6 Å². The van der Waals surface area contributed by atoms with Gasteiger partial charge in [-0.3, -0.25) is 0 Å². The van der Waals surface area contributed by atoms with E-state index in [1.54, 1.807) is 36.2 Å². The Bertz CT molecular complexity index is 772. The molecule has 0 atom stereocenters. The Morgan fingerprint density at radius 2 is 1.84 bits per heavy atom. The first-order valence-corrected chi connectivity index (χ1v) is 7.97. The zero-order valence-corrected chi connectivity index (χ0v) is 14.5. The Morgan fingerprint density at radius 3 is 2.44 bits per heavy atom. The van der Waals surface area contributed by atoms with Crippen LogP contribution in [0.4, 0.5) is 23.2 Å². The molecule has 0 radical (unpaired) electrons. The fourth-order valence-corrected chi connectivity index (χ4v) is 2.40. The number of rotatable bonds is 5. The van der Waals surface area contributed by atoms with Crippen molar-refractivity contribution in [2.75, 3.05) is 13.6 Å². The quantitative estimate of drug-likeness (QED) is 0.373. The lowest BCUT2D eigenvalue weighted by Gasteiger charge is -2.15. The largest absolute Gasteiger partial charge is 0.416 e. The molecule has 0 saturated carbocycles. The fraction of sp³-hybridized carbons (Fsp3) is 0.278. The topological polar surface area (TPSA) is 15.6 Å². The van der Waals surface area contributed by atoms with Gasteiger partial charge in [-0.05, 0) is 42.7 Å². The van der Waals surface area contributed by atoms with Gasteiger partial charge in [-0.25, -0.2) is 9.38 Å². The van der Waals surface area contributed by atoms with Gasteiger partial charge in [0.1, 0.15) is 11.5 Å². The average Bonchev–Trinajstić information content (AvgIpc) is 2.54. The van der Waals surface area contributed by atoms with Gasteiger partial charge < -0.3 is 4.90 Å². The molecular formula is C18H17ClF4N2. The van der Waals surface area contributed by atoms with Gasteiger partial charge in [0.15, 0.2) is 0 Å². The molecule has 7 heteroatoms. The summed E-state index contributed by atoms with van der Waals surface area (Å²) in [5.74, 6) is -0.809. The summed E-state index contributed by atoms with van der Waals surface area (Å²) in [4.78, 5) is 5.45. The molecule has 0 fully saturated rings. The summed E-state index contributed by atoms with van der Waals surface area (Å²) < 4.78 is 54.5. The second-order valence-electron chi connectivity index (χ2n) is 5.54. The number of aliphatic imine (C=N–C) groups is 1. The Kier molecular flexibility index (Phi) is 6.06. The number of nitrogens with zero attached hydrogens (tertiary/aromatic N) is 2. The first-order valence-electron chi connectivity index (χ1n) is 7.59. The predicted molar refractivity (Wildman–Crippen MR) is 92.1 cm³/mol. The molecule has 0 bridgehead atoms. The van der Waals surface area contributed by atoms with Gasteiger partial charge in [0.25, 0.3) is 0 Å². The van der Waals surface area contributed by atoms with E-state index in [0.717, 1.165) is 12.1 Å². The molecular weight excluding hydrogens is 356 g/mol. The Morgan fingerprint density at radius 1 is 1.16 bits per heavy atom. The molecule has 0 aliphatic carbocycles. The van der Waals surface area contributed by atoms with Crippen molar-refractivity contribution < 1.29 is 17.6 Å². The zero-order valence-electron chi connectivity index (χ0n) is 13.7. The van der Waals surface area contributed by atoms with Crippen molar-refractivity contribution in [2.45, 2.75) is 19.5 Å². The second kappa shape index (κ2) is 7.87. The summed E-state index contributed by atoms with van der Waals surface area (Å²) in [5.41, 5.74) is -0.951. The molecule has 134 valence electrons. The lowest BCUT2D eigenvalue weighted by Crippen LogP contribution is -2.14. The summed E-state index contributed by atoms with van der Waals surface area (Å²) in [7, 11) is 1.69. The van der Waals surface area contributed by atoms with Crippen molar-refractivity contribution in [1.82, 2.24) is 4.90 Å². The van der Waals surface area contributed by atoms with Crippen LogP contribution >= 0.6 is 11.6 Å². The van der Waals surface area contributed by atoms with E-state index in [4.69, 9.17) is 11.6 Å². The highest BCUT2D eigenvalue weighted by atomic mass is 35.5. The molecule has 0 aliphatic heterocycles. The van der Waals surface area contributed by atoms with E-state index >= 15 is 0 Å². The Balaban J connectivity index is 2.48. The van der Waals surface area contributed by atoms with Gasteiger partial charge in [-0.15, -0.1) is 0 Å². The van der Waals surface area contributed by atoms with Crippen LogP contribution in [0.1, 0.15) is 23.6 Å². The third kappa shape index (κ3) is 4.95. The second-order valence-corrected chi connectivity index (χ2v) is 5.95. The van der Waals surface area contributed by atoms with Crippen molar-refractivity contribution in [3.8, 4) is 0 Å². The van der Waals surface area contributed by atoms with Crippen LogP contribution in [0.25, 0.3) is 0 Å². The first kappa shape index (κ1) is 19.2. The van der Waals surface area contributed by atoms with Crippen LogP contribution < -0.4 is 0 Å². The number of benzene rings is 2. The zero-order chi connectivity index (χ0) is 18.6. The standard InChI is InChI=1S/C18H17ClF4N2/c1-3-25(2)11-24-17-10-14(18(21,22)23)13(9-16(17)20)8-12-6-4-5-7-15(12)19/h4-7,9-11H,3,8H2,1-2H3/b24-11-. The smallest absolute Gasteiger partial charge is 0.366 e. The van der Waals surface area contributed by atoms with Gasteiger partial charge in [-0.2, -0.15) is 13.2 Å². The normalized spacial score (nSPS) is 12.0. The molecule has 0 unspecified atom stereocenters. The highest BCUT2D eigenvalue weighted by Crippen LogP contribution is 2.37. The maximum absolute atomic E-state index is 14.2. The van der Waals surface area contributed by atoms with E-state index in [1.807, 2.05) is 6.92 Å². The van der Waals surface area contributed by atoms with E-state index in [2.05, 4.69) is 4.99 Å². The van der Waals surface area contributed by atoms with Crippen LogP contribution in [0.5, 0.6) is 0 Å². The van der Waals surface area contributed by atoms with Crippen LogP contribution in [-0.2, 0) is 12.6 Å². The number of hydrogen-bond donors (Lipinski definition) is 0. The monoisotopic (exact) mass is 372 g/mol. The molecule has 2 rings (SSSR count). The molecule has 0 spiro atoms. The molecule has 2 aromatic rings. The highest BCUT2D eigenvalue weighted by molar-refractivity contribution is 6.31. The maximum atomic E-state index is 14.2. The van der Waals surface area contributed by atoms with Crippen LogP contribution in [0.3, 0.4) is 0 Å². The van der Waals surface area contributed by atoms with Crippen LogP contribution in [-0.4, -0.2) is 24.8 Å². The lowest BCUT2D eigenvalue weighted by molar-refractivity contribution is -0.138.